The molecule has 23 heavy (non-hydrogen) atoms. The Morgan fingerprint density at radius 2 is 1.00 bits per heavy atom. The Morgan fingerprint density at radius 1 is 0.739 bits per heavy atom. The van der Waals surface area contributed by atoms with Gasteiger partial charge in [-0.25, -0.2) is 0 Å². The number of ether oxygens (including phenoxy) is 1. The van der Waals surface area contributed by atoms with Gasteiger partial charge < -0.3 is 4.74 Å². The fraction of sp³-hybridized carbons (Fsp3) is 0.438. The first-order chi connectivity index (χ1) is 10.2. The predicted octanol–water partition coefficient (Wildman–Crippen LogP) is 3.58. The van der Waals surface area contributed by atoms with E-state index >= 15 is 0 Å². The molecule has 0 aromatic heterocycles. The maximum Gasteiger partial charge on any atom is 0 e. The van der Waals surface area contributed by atoms with Crippen LogP contribution in [0.2, 0.25) is 39.3 Å². The topological polar surface area (TPSA) is 68.9 Å². The monoisotopic (exact) mass is 388 g/mol. The van der Waals surface area contributed by atoms with E-state index in [1.807, 2.05) is 7.11 Å². The van der Waals surface area contributed by atoms with E-state index in [4.69, 9.17) is 18.7 Å². The Balaban J connectivity index is -0.000000231. The molecule has 126 valence electrons. The standard InChI is InChI=1S/C13H24OSi2.3CO.Cr/c1-14-13-11(15(2,3)4)9-8-10-12(13)16(5,6)7;3*1-2;/h8-10H,1-7H3;;;;. The van der Waals surface area contributed by atoms with Gasteiger partial charge in [-0.3, -0.25) is 0 Å². The molecule has 1 aliphatic rings. The van der Waals surface area contributed by atoms with Crippen LogP contribution in [-0.4, -0.2) is 23.3 Å². The fourth-order valence-corrected chi connectivity index (χ4v) is 5.09. The molecule has 1 saturated carbocycles. The third-order valence-electron chi connectivity index (χ3n) is 2.84. The van der Waals surface area contributed by atoms with E-state index in [1.54, 1.807) is 0 Å². The van der Waals surface area contributed by atoms with Crippen LogP contribution >= 0.6 is 0 Å². The van der Waals surface area contributed by atoms with Gasteiger partial charge in [-0.15, -0.1) is 0 Å². The second kappa shape index (κ2) is 15.7. The predicted molar refractivity (Wildman–Crippen MR) is 88.1 cm³/mol. The molecule has 0 heterocycles. The van der Waals surface area contributed by atoms with E-state index in [-0.39, 0.29) is 17.4 Å². The van der Waals surface area contributed by atoms with Crippen LogP contribution in [0.3, 0.4) is 0 Å². The van der Waals surface area contributed by atoms with Crippen molar-refractivity contribution in [1.82, 2.24) is 0 Å². The van der Waals surface area contributed by atoms with E-state index in [1.165, 1.54) is 17.2 Å². The van der Waals surface area contributed by atoms with Crippen LogP contribution in [0.15, 0.2) is 0 Å². The molecule has 0 unspecified atom stereocenters. The van der Waals surface area contributed by atoms with Gasteiger partial charge in [0.05, 0.1) is 16.1 Å². The maximum atomic E-state index is 7.50. The Hall–Kier alpha value is 0.146. The molecule has 6 radical (unpaired) electrons. The van der Waals surface area contributed by atoms with Crippen molar-refractivity contribution >= 4 is 16.1 Å². The van der Waals surface area contributed by atoms with Crippen LogP contribution in [0.1, 0.15) is 0 Å². The Kier molecular flexibility index (Phi) is 21.1. The second-order valence-corrected chi connectivity index (χ2v) is 16.5. The number of methoxy groups -OCH3 is 1. The Bertz CT molecular complexity index is 306. The zero-order chi connectivity index (χ0) is 18.6. The first kappa shape index (κ1) is 31.0. The molecule has 0 N–H and O–H groups in total. The number of hydrogen-bond donors (Lipinski definition) is 0. The molecule has 0 aliphatic heterocycles. The van der Waals surface area contributed by atoms with Crippen molar-refractivity contribution in [3.63, 3.8) is 0 Å². The summed E-state index contributed by atoms with van der Waals surface area (Å²) >= 11 is 0. The van der Waals surface area contributed by atoms with E-state index in [0.717, 1.165) is 0 Å². The average Bonchev–Trinajstić information content (AvgIpc) is 2.50. The van der Waals surface area contributed by atoms with Crippen molar-refractivity contribution < 1.29 is 36.1 Å². The molecule has 0 amide bonds. The van der Waals surface area contributed by atoms with Gasteiger partial charge in [-0.2, -0.15) is 0 Å². The van der Waals surface area contributed by atoms with Gasteiger partial charge in [0.15, 0.2) is 0 Å². The minimum atomic E-state index is -1.31. The van der Waals surface area contributed by atoms with Gasteiger partial charge in [0.1, 0.15) is 6.10 Å². The molecule has 0 bridgehead atoms. The molecule has 1 aliphatic carbocycles. The summed E-state index contributed by atoms with van der Waals surface area (Å²) in [6, 6.07) is 0. The van der Waals surface area contributed by atoms with Crippen molar-refractivity contribution in [1.29, 1.82) is 0 Å². The summed E-state index contributed by atoms with van der Waals surface area (Å²) in [5.41, 5.74) is 2.91. The van der Waals surface area contributed by atoms with E-state index < -0.39 is 16.1 Å². The third-order valence-corrected chi connectivity index (χ3v) is 6.85. The minimum absolute atomic E-state index is 0. The van der Waals surface area contributed by atoms with E-state index in [2.05, 4.69) is 78.5 Å². The molecule has 1 fully saturated rings. The van der Waals surface area contributed by atoms with Gasteiger partial charge in [-0.1, -0.05) is 39.3 Å². The molecule has 0 aromatic carbocycles. The molecule has 0 saturated heterocycles. The fourth-order valence-electron chi connectivity index (χ4n) is 1.94. The zero-order valence-corrected chi connectivity index (χ0v) is 18.0. The SMILES string of the molecule is CO[C]1[C]([Si](C)(C)C)[CH][CH][CH][C]1[Si](C)(C)C.[C-]#[O+].[C-]#[O+].[C-]#[O+].[Cr]. The summed E-state index contributed by atoms with van der Waals surface area (Å²) in [6.45, 7) is 27.7. The summed E-state index contributed by atoms with van der Waals surface area (Å²) < 4.78 is 28.2. The number of rotatable bonds is 3. The van der Waals surface area contributed by atoms with Crippen LogP contribution in [0.4, 0.5) is 0 Å². The minimum Gasteiger partial charge on any atom is 0 e. The van der Waals surface area contributed by atoms with Gasteiger partial charge in [-0.05, 0) is 19.3 Å². The maximum absolute atomic E-state index is 7.50. The second-order valence-electron chi connectivity index (χ2n) is 6.39. The van der Waals surface area contributed by atoms with Crippen molar-refractivity contribution in [3.05, 3.63) is 56.4 Å². The molecule has 0 spiro atoms. The van der Waals surface area contributed by atoms with Crippen LogP contribution < -0.4 is 0 Å². The van der Waals surface area contributed by atoms with Gasteiger partial charge in [0, 0.05) is 35.6 Å². The molecular weight excluding hydrogens is 364 g/mol. The molecule has 4 nitrogen and oxygen atoms in total. The smallest absolute Gasteiger partial charge is 0 e. The summed E-state index contributed by atoms with van der Waals surface area (Å²) in [5, 5.41) is 0. The number of hydrogen-bond acceptors (Lipinski definition) is 1. The van der Waals surface area contributed by atoms with Crippen LogP contribution in [-0.2, 0) is 36.1 Å². The quantitative estimate of drug-likeness (QED) is 0.414. The Labute approximate surface area is 155 Å². The largest absolute Gasteiger partial charge is 0 e. The normalized spacial score (nSPS) is 16.0. The molecule has 0 aromatic rings. The van der Waals surface area contributed by atoms with E-state index in [0.29, 0.717) is 0 Å². The van der Waals surface area contributed by atoms with Crippen molar-refractivity contribution in [3.8, 4) is 0 Å². The first-order valence-electron chi connectivity index (χ1n) is 6.47. The molecular formula is C16H24CrO4Si2. The van der Waals surface area contributed by atoms with Crippen LogP contribution in [0.25, 0.3) is 0 Å². The first-order valence-corrected chi connectivity index (χ1v) is 13.5. The average molecular weight is 389 g/mol. The van der Waals surface area contributed by atoms with Crippen LogP contribution in [0.5, 0.6) is 0 Å². The van der Waals surface area contributed by atoms with Gasteiger partial charge in [0.2, 0.25) is 0 Å². The molecule has 1 rings (SSSR count). The Morgan fingerprint density at radius 3 is 1.17 bits per heavy atom. The van der Waals surface area contributed by atoms with Crippen molar-refractivity contribution in [2.45, 2.75) is 39.3 Å². The van der Waals surface area contributed by atoms with Gasteiger partial charge in [0.25, 0.3) is 0 Å². The van der Waals surface area contributed by atoms with Gasteiger partial charge >= 0.3 is 33.9 Å². The van der Waals surface area contributed by atoms with Crippen molar-refractivity contribution in [2.75, 3.05) is 7.11 Å². The summed E-state index contributed by atoms with van der Waals surface area (Å²) in [6.07, 6.45) is 7.86. The third kappa shape index (κ3) is 11.3. The summed E-state index contributed by atoms with van der Waals surface area (Å²) in [7, 11) is -0.815. The molecule has 0 atom stereocenters. The van der Waals surface area contributed by atoms with Crippen molar-refractivity contribution in [2.24, 2.45) is 0 Å². The zero-order valence-electron chi connectivity index (χ0n) is 14.8. The van der Waals surface area contributed by atoms with E-state index in [9.17, 15) is 0 Å². The molecule has 7 heteroatoms. The summed E-state index contributed by atoms with van der Waals surface area (Å²) in [5.74, 6) is 0. The summed E-state index contributed by atoms with van der Waals surface area (Å²) in [4.78, 5) is 0. The van der Waals surface area contributed by atoms with Crippen LogP contribution in [0, 0.1) is 56.4 Å².